The molecule has 0 aliphatic carbocycles. The third-order valence-corrected chi connectivity index (χ3v) is 9.37. The molecule has 8 aromatic carbocycles. The van der Waals surface area contributed by atoms with Gasteiger partial charge in [0, 0.05) is 33.4 Å². The van der Waals surface area contributed by atoms with E-state index in [-0.39, 0.29) is 0 Å². The Balaban J connectivity index is 1.24. The topological polar surface area (TPSA) is 8.17 Å². The standard InChI is InChI=1S/C46H32N2/c1-3-17-36(18-4-1)47(38-29-27-33-15-7-8-16-34(33)31-38)44-25-13-11-23-41(44)40-22-10-9-21-39(40)35-28-30-46-43(32-35)42-24-12-14-26-45(42)48(46)37-19-5-2-6-20-37/h1-32H. The molecule has 0 atom stereocenters. The molecule has 0 saturated carbocycles. The summed E-state index contributed by atoms with van der Waals surface area (Å²) in [4.78, 5) is 2.38. The second-order valence-electron chi connectivity index (χ2n) is 12.2. The third-order valence-electron chi connectivity index (χ3n) is 9.37. The molecule has 0 N–H and O–H groups in total. The van der Waals surface area contributed by atoms with E-state index in [1.165, 1.54) is 60.5 Å². The van der Waals surface area contributed by atoms with Crippen molar-refractivity contribution in [3.05, 3.63) is 194 Å². The number of aromatic nitrogens is 1. The number of hydrogen-bond acceptors (Lipinski definition) is 1. The Kier molecular flexibility index (Phi) is 6.84. The highest BCUT2D eigenvalue weighted by Gasteiger charge is 2.20. The van der Waals surface area contributed by atoms with Crippen molar-refractivity contribution in [3.63, 3.8) is 0 Å². The predicted molar refractivity (Wildman–Crippen MR) is 204 cm³/mol. The van der Waals surface area contributed by atoms with Crippen LogP contribution < -0.4 is 4.90 Å². The summed E-state index contributed by atoms with van der Waals surface area (Å²) >= 11 is 0. The predicted octanol–water partition coefficient (Wildman–Crippen LogP) is 12.7. The zero-order valence-electron chi connectivity index (χ0n) is 26.4. The fourth-order valence-corrected chi connectivity index (χ4v) is 7.18. The van der Waals surface area contributed by atoms with Gasteiger partial charge in [-0.15, -0.1) is 0 Å². The molecule has 0 radical (unpaired) electrons. The maximum absolute atomic E-state index is 2.38. The first kappa shape index (κ1) is 27.9. The largest absolute Gasteiger partial charge is 0.310 e. The van der Waals surface area contributed by atoms with Gasteiger partial charge in [0.05, 0.1) is 16.7 Å². The van der Waals surface area contributed by atoms with Crippen LogP contribution in [0.3, 0.4) is 0 Å². The van der Waals surface area contributed by atoms with Crippen LogP contribution in [0.1, 0.15) is 0 Å². The quantitative estimate of drug-likeness (QED) is 0.181. The minimum atomic E-state index is 1.12. The van der Waals surface area contributed by atoms with Gasteiger partial charge in [0.15, 0.2) is 0 Å². The van der Waals surface area contributed by atoms with Gasteiger partial charge < -0.3 is 9.47 Å². The van der Waals surface area contributed by atoms with E-state index in [1.54, 1.807) is 0 Å². The summed E-state index contributed by atoms with van der Waals surface area (Å²) in [7, 11) is 0. The number of rotatable bonds is 6. The van der Waals surface area contributed by atoms with Gasteiger partial charge in [-0.25, -0.2) is 0 Å². The normalized spacial score (nSPS) is 11.3. The highest BCUT2D eigenvalue weighted by atomic mass is 15.1. The molecule has 2 nitrogen and oxygen atoms in total. The molecule has 226 valence electrons. The number of hydrogen-bond donors (Lipinski definition) is 0. The Labute approximate surface area is 280 Å². The molecule has 2 heteroatoms. The van der Waals surface area contributed by atoms with E-state index in [9.17, 15) is 0 Å². The van der Waals surface area contributed by atoms with Crippen LogP contribution in [0.4, 0.5) is 17.1 Å². The van der Waals surface area contributed by atoms with E-state index in [0.29, 0.717) is 0 Å². The van der Waals surface area contributed by atoms with Crippen LogP contribution in [0.15, 0.2) is 194 Å². The minimum Gasteiger partial charge on any atom is -0.310 e. The molecule has 1 aromatic heterocycles. The molecular formula is C46H32N2. The van der Waals surface area contributed by atoms with Crippen molar-refractivity contribution in [1.82, 2.24) is 4.57 Å². The lowest BCUT2D eigenvalue weighted by Crippen LogP contribution is -2.11. The Hall–Kier alpha value is -6.38. The van der Waals surface area contributed by atoms with Crippen LogP contribution in [0.5, 0.6) is 0 Å². The Morgan fingerprint density at radius 3 is 1.81 bits per heavy atom. The first-order valence-corrected chi connectivity index (χ1v) is 16.4. The molecule has 0 spiro atoms. The van der Waals surface area contributed by atoms with Gasteiger partial charge in [-0.1, -0.05) is 133 Å². The Morgan fingerprint density at radius 2 is 0.979 bits per heavy atom. The fourth-order valence-electron chi connectivity index (χ4n) is 7.18. The van der Waals surface area contributed by atoms with Gasteiger partial charge in [0.1, 0.15) is 0 Å². The number of fused-ring (bicyclic) bond motifs is 4. The highest BCUT2D eigenvalue weighted by molar-refractivity contribution is 6.11. The first-order valence-electron chi connectivity index (χ1n) is 16.4. The molecule has 0 fully saturated rings. The fraction of sp³-hybridized carbons (Fsp3) is 0. The van der Waals surface area contributed by atoms with Gasteiger partial charge >= 0.3 is 0 Å². The van der Waals surface area contributed by atoms with Crippen LogP contribution in [-0.2, 0) is 0 Å². The average Bonchev–Trinajstić information content (AvgIpc) is 3.50. The summed E-state index contributed by atoms with van der Waals surface area (Å²) in [5.41, 5.74) is 11.7. The van der Waals surface area contributed by atoms with Crippen molar-refractivity contribution >= 4 is 49.6 Å². The van der Waals surface area contributed by atoms with E-state index in [4.69, 9.17) is 0 Å². The monoisotopic (exact) mass is 612 g/mol. The van der Waals surface area contributed by atoms with E-state index < -0.39 is 0 Å². The van der Waals surface area contributed by atoms with Gasteiger partial charge in [0.2, 0.25) is 0 Å². The molecular weight excluding hydrogens is 581 g/mol. The Bertz CT molecular complexity index is 2560. The molecule has 0 bridgehead atoms. The van der Waals surface area contributed by atoms with Gasteiger partial charge in [0.25, 0.3) is 0 Å². The van der Waals surface area contributed by atoms with E-state index in [2.05, 4.69) is 204 Å². The van der Waals surface area contributed by atoms with Crippen molar-refractivity contribution in [2.45, 2.75) is 0 Å². The molecule has 0 aliphatic rings. The smallest absolute Gasteiger partial charge is 0.0541 e. The van der Waals surface area contributed by atoms with Crippen molar-refractivity contribution in [3.8, 4) is 27.9 Å². The summed E-state index contributed by atoms with van der Waals surface area (Å²) in [5.74, 6) is 0. The number of anilines is 3. The first-order chi connectivity index (χ1) is 23.8. The van der Waals surface area contributed by atoms with Gasteiger partial charge in [-0.3, -0.25) is 0 Å². The van der Waals surface area contributed by atoms with E-state index in [1.807, 2.05) is 0 Å². The van der Waals surface area contributed by atoms with Gasteiger partial charge in [-0.2, -0.15) is 0 Å². The Morgan fingerprint density at radius 1 is 0.354 bits per heavy atom. The number of para-hydroxylation sites is 4. The SMILES string of the molecule is c1ccc(N(c2ccc3ccccc3c2)c2ccccc2-c2ccccc2-c2ccc3c(c2)c2ccccc2n3-c2ccccc2)cc1. The van der Waals surface area contributed by atoms with Crippen LogP contribution in [0.25, 0.3) is 60.5 Å². The highest BCUT2D eigenvalue weighted by Crippen LogP contribution is 2.44. The van der Waals surface area contributed by atoms with Crippen molar-refractivity contribution < 1.29 is 0 Å². The molecule has 0 amide bonds. The van der Waals surface area contributed by atoms with Crippen LogP contribution in [0, 0.1) is 0 Å². The summed E-state index contributed by atoms with van der Waals surface area (Å²) < 4.78 is 2.37. The molecule has 9 aromatic rings. The molecule has 48 heavy (non-hydrogen) atoms. The van der Waals surface area contributed by atoms with E-state index >= 15 is 0 Å². The maximum atomic E-state index is 2.38. The molecule has 0 saturated heterocycles. The van der Waals surface area contributed by atoms with Gasteiger partial charge in [-0.05, 0) is 88.1 Å². The number of nitrogens with zero attached hydrogens (tertiary/aromatic N) is 2. The molecule has 0 aliphatic heterocycles. The average molecular weight is 613 g/mol. The summed E-state index contributed by atoms with van der Waals surface area (Å²) in [6.45, 7) is 0. The number of benzene rings is 8. The summed E-state index contributed by atoms with van der Waals surface area (Å²) in [6.07, 6.45) is 0. The summed E-state index contributed by atoms with van der Waals surface area (Å²) in [6, 6.07) is 69.9. The lowest BCUT2D eigenvalue weighted by molar-refractivity contribution is 1.18. The van der Waals surface area contributed by atoms with Crippen LogP contribution in [-0.4, -0.2) is 4.57 Å². The van der Waals surface area contributed by atoms with Crippen molar-refractivity contribution in [2.75, 3.05) is 4.90 Å². The van der Waals surface area contributed by atoms with Crippen molar-refractivity contribution in [1.29, 1.82) is 0 Å². The zero-order chi connectivity index (χ0) is 31.9. The van der Waals surface area contributed by atoms with E-state index in [0.717, 1.165) is 17.1 Å². The third kappa shape index (κ3) is 4.74. The molecule has 1 heterocycles. The molecule has 9 rings (SSSR count). The minimum absolute atomic E-state index is 1.12. The molecule has 0 unspecified atom stereocenters. The van der Waals surface area contributed by atoms with Crippen LogP contribution >= 0.6 is 0 Å². The lowest BCUT2D eigenvalue weighted by atomic mass is 9.92. The van der Waals surface area contributed by atoms with Crippen molar-refractivity contribution in [2.24, 2.45) is 0 Å². The summed E-state index contributed by atoms with van der Waals surface area (Å²) in [5, 5.41) is 4.95. The van der Waals surface area contributed by atoms with Crippen LogP contribution in [0.2, 0.25) is 0 Å². The second kappa shape index (κ2) is 11.8. The maximum Gasteiger partial charge on any atom is 0.0541 e. The lowest BCUT2D eigenvalue weighted by Gasteiger charge is -2.28. The zero-order valence-corrected chi connectivity index (χ0v) is 26.4. The second-order valence-corrected chi connectivity index (χ2v) is 12.2.